The molecule has 0 saturated heterocycles. The maximum Gasteiger partial charge on any atom is 0.264 e. The number of aryl methyl sites for hydroxylation is 1. The summed E-state index contributed by atoms with van der Waals surface area (Å²) >= 11 is 0. The third-order valence-corrected chi connectivity index (χ3v) is 4.62. The first kappa shape index (κ1) is 20.8. The predicted octanol–water partition coefficient (Wildman–Crippen LogP) is 4.33. The van der Waals surface area contributed by atoms with E-state index in [9.17, 15) is 8.42 Å². The number of nitrogens with zero attached hydrogens (tertiary/aromatic N) is 1. The minimum Gasteiger partial charge on any atom is -0.487 e. The van der Waals surface area contributed by atoms with Gasteiger partial charge in [-0.3, -0.25) is 4.18 Å². The predicted molar refractivity (Wildman–Crippen MR) is 112 cm³/mol. The van der Waals surface area contributed by atoms with Gasteiger partial charge in [0.1, 0.15) is 24.3 Å². The zero-order valence-electron chi connectivity index (χ0n) is 16.2. The quantitative estimate of drug-likeness (QED) is 0.364. The number of rotatable bonds is 10. The fraction of sp³-hybridized carbons (Fsp3) is 0.227. The molecule has 0 fully saturated rings. The van der Waals surface area contributed by atoms with Crippen molar-refractivity contribution in [1.29, 1.82) is 0 Å². The first-order chi connectivity index (χ1) is 14.0. The molecule has 2 aromatic carbocycles. The van der Waals surface area contributed by atoms with Crippen LogP contribution in [0.2, 0.25) is 0 Å². The van der Waals surface area contributed by atoms with E-state index in [4.69, 9.17) is 13.3 Å². The Bertz CT molecular complexity index is 1040. The smallest absolute Gasteiger partial charge is 0.264 e. The average molecular weight is 413 g/mol. The van der Waals surface area contributed by atoms with Crippen molar-refractivity contribution < 1.29 is 21.8 Å². The van der Waals surface area contributed by atoms with Crippen molar-refractivity contribution in [2.75, 3.05) is 12.9 Å². The molecule has 0 N–H and O–H groups in total. The van der Waals surface area contributed by atoms with E-state index >= 15 is 0 Å². The molecule has 29 heavy (non-hydrogen) atoms. The summed E-state index contributed by atoms with van der Waals surface area (Å²) in [7, 11) is -3.41. The summed E-state index contributed by atoms with van der Waals surface area (Å²) < 4.78 is 38.2. The third kappa shape index (κ3) is 7.21. The maximum atomic E-state index is 11.0. The fourth-order valence-corrected chi connectivity index (χ4v) is 3.09. The van der Waals surface area contributed by atoms with Gasteiger partial charge < -0.3 is 9.15 Å². The van der Waals surface area contributed by atoms with Crippen LogP contribution in [0.3, 0.4) is 0 Å². The lowest BCUT2D eigenvalue weighted by Crippen LogP contribution is -2.05. The molecule has 152 valence electrons. The van der Waals surface area contributed by atoms with E-state index in [-0.39, 0.29) is 13.2 Å². The van der Waals surface area contributed by atoms with Crippen LogP contribution >= 0.6 is 0 Å². The van der Waals surface area contributed by atoms with Crippen LogP contribution in [0, 0.1) is 0 Å². The molecule has 1 aromatic heterocycles. The van der Waals surface area contributed by atoms with Crippen LogP contribution in [0.1, 0.15) is 29.1 Å². The Morgan fingerprint density at radius 3 is 2.59 bits per heavy atom. The van der Waals surface area contributed by atoms with Crippen molar-refractivity contribution in [3.63, 3.8) is 0 Å². The molecule has 0 aliphatic rings. The zero-order chi connectivity index (χ0) is 20.5. The van der Waals surface area contributed by atoms with E-state index in [1.165, 1.54) is 0 Å². The Morgan fingerprint density at radius 1 is 1.03 bits per heavy atom. The zero-order valence-corrected chi connectivity index (χ0v) is 17.0. The van der Waals surface area contributed by atoms with Crippen LogP contribution in [0.4, 0.5) is 0 Å². The molecule has 0 radical (unpaired) electrons. The molecule has 0 amide bonds. The molecule has 0 spiro atoms. The molecule has 7 heteroatoms. The van der Waals surface area contributed by atoms with E-state index in [0.29, 0.717) is 24.4 Å². The standard InChI is InChI=1S/C22H23NO5S/c1-29(24,25)28-15-7-11-19-10-5-6-12-21(19)26-16-20-17-27-22(23-20)14-13-18-8-3-2-4-9-18/h2-6,8-10,12-14,17H,7,11,15-16H2,1H3. The van der Waals surface area contributed by atoms with Gasteiger partial charge in [-0.15, -0.1) is 0 Å². The second-order valence-corrected chi connectivity index (χ2v) is 8.09. The van der Waals surface area contributed by atoms with E-state index in [2.05, 4.69) is 4.98 Å². The molecule has 0 atom stereocenters. The average Bonchev–Trinajstić information content (AvgIpc) is 3.17. The second kappa shape index (κ2) is 10.0. The number of aromatic nitrogens is 1. The first-order valence-electron chi connectivity index (χ1n) is 9.22. The Hall–Kier alpha value is -2.90. The molecule has 0 unspecified atom stereocenters. The lowest BCUT2D eigenvalue weighted by atomic mass is 10.1. The van der Waals surface area contributed by atoms with Gasteiger partial charge in [-0.2, -0.15) is 8.42 Å². The topological polar surface area (TPSA) is 78.6 Å². The molecule has 6 nitrogen and oxygen atoms in total. The van der Waals surface area contributed by atoms with Crippen molar-refractivity contribution in [1.82, 2.24) is 4.98 Å². The summed E-state index contributed by atoms with van der Waals surface area (Å²) in [6.07, 6.45) is 7.60. The Kier molecular flexibility index (Phi) is 7.21. The number of benzene rings is 2. The number of hydrogen-bond acceptors (Lipinski definition) is 6. The van der Waals surface area contributed by atoms with Gasteiger partial charge in [-0.05, 0) is 36.1 Å². The van der Waals surface area contributed by atoms with Crippen molar-refractivity contribution in [2.24, 2.45) is 0 Å². The maximum absolute atomic E-state index is 11.0. The Morgan fingerprint density at radius 2 is 1.79 bits per heavy atom. The van der Waals surface area contributed by atoms with Crippen LogP contribution in [0.5, 0.6) is 5.75 Å². The summed E-state index contributed by atoms with van der Waals surface area (Å²) in [6.45, 7) is 0.424. The Labute approximate surface area is 170 Å². The molecule has 0 aliphatic carbocycles. The Balaban J connectivity index is 1.54. The van der Waals surface area contributed by atoms with Crippen LogP contribution in [0.25, 0.3) is 12.2 Å². The molecular weight excluding hydrogens is 390 g/mol. The van der Waals surface area contributed by atoms with Crippen molar-refractivity contribution in [3.8, 4) is 5.75 Å². The van der Waals surface area contributed by atoms with Gasteiger partial charge in [-0.1, -0.05) is 48.5 Å². The van der Waals surface area contributed by atoms with Gasteiger partial charge in [-0.25, -0.2) is 4.98 Å². The molecule has 0 aliphatic heterocycles. The second-order valence-electron chi connectivity index (χ2n) is 6.45. The summed E-state index contributed by atoms with van der Waals surface area (Å²) in [5.74, 6) is 1.25. The molecule has 1 heterocycles. The number of hydrogen-bond donors (Lipinski definition) is 0. The van der Waals surface area contributed by atoms with E-state index in [1.807, 2.05) is 66.7 Å². The minimum absolute atomic E-state index is 0.146. The molecule has 0 saturated carbocycles. The first-order valence-corrected chi connectivity index (χ1v) is 11.0. The lowest BCUT2D eigenvalue weighted by molar-refractivity contribution is 0.293. The fourth-order valence-electron chi connectivity index (χ4n) is 2.67. The molecule has 0 bridgehead atoms. The van der Waals surface area contributed by atoms with Gasteiger partial charge >= 0.3 is 0 Å². The molecular formula is C22H23NO5S. The van der Waals surface area contributed by atoms with E-state index < -0.39 is 10.1 Å². The van der Waals surface area contributed by atoms with Gasteiger partial charge in [0.15, 0.2) is 0 Å². The highest BCUT2D eigenvalue weighted by molar-refractivity contribution is 7.85. The molecule has 3 rings (SSSR count). The van der Waals surface area contributed by atoms with Crippen molar-refractivity contribution in [2.45, 2.75) is 19.4 Å². The van der Waals surface area contributed by atoms with Crippen LogP contribution in [0.15, 0.2) is 65.3 Å². The summed E-state index contributed by atoms with van der Waals surface area (Å²) in [6, 6.07) is 17.6. The van der Waals surface area contributed by atoms with E-state index in [1.54, 1.807) is 6.26 Å². The number of oxazole rings is 1. The van der Waals surface area contributed by atoms with Gasteiger partial charge in [0.05, 0.1) is 12.9 Å². The molecule has 3 aromatic rings. The van der Waals surface area contributed by atoms with Crippen LogP contribution < -0.4 is 4.74 Å². The van der Waals surface area contributed by atoms with Crippen molar-refractivity contribution >= 4 is 22.3 Å². The van der Waals surface area contributed by atoms with Gasteiger partial charge in [0.25, 0.3) is 10.1 Å². The summed E-state index contributed by atoms with van der Waals surface area (Å²) in [5, 5.41) is 0. The highest BCUT2D eigenvalue weighted by atomic mass is 32.2. The van der Waals surface area contributed by atoms with Crippen LogP contribution in [-0.2, 0) is 27.3 Å². The monoisotopic (exact) mass is 413 g/mol. The minimum atomic E-state index is -3.41. The van der Waals surface area contributed by atoms with Gasteiger partial charge in [0.2, 0.25) is 5.89 Å². The lowest BCUT2D eigenvalue weighted by Gasteiger charge is -2.10. The SMILES string of the molecule is CS(=O)(=O)OCCCc1ccccc1OCc1coc(C=Cc2ccccc2)n1. The normalized spacial score (nSPS) is 11.8. The van der Waals surface area contributed by atoms with E-state index in [0.717, 1.165) is 23.1 Å². The van der Waals surface area contributed by atoms with Crippen LogP contribution in [-0.4, -0.2) is 26.3 Å². The highest BCUT2D eigenvalue weighted by Crippen LogP contribution is 2.21. The van der Waals surface area contributed by atoms with Crippen molar-refractivity contribution in [3.05, 3.63) is 83.6 Å². The largest absolute Gasteiger partial charge is 0.487 e. The third-order valence-electron chi connectivity index (χ3n) is 4.02. The summed E-state index contributed by atoms with van der Waals surface area (Å²) in [5.41, 5.74) is 2.74. The van der Waals surface area contributed by atoms with Gasteiger partial charge in [0, 0.05) is 6.08 Å². The number of ether oxygens (including phenoxy) is 1. The summed E-state index contributed by atoms with van der Waals surface area (Å²) in [4.78, 5) is 4.41. The number of para-hydroxylation sites is 1. The highest BCUT2D eigenvalue weighted by Gasteiger charge is 2.07.